The summed E-state index contributed by atoms with van der Waals surface area (Å²) in [4.78, 5) is 21.3. The van der Waals surface area contributed by atoms with Crippen molar-refractivity contribution in [2.75, 3.05) is 6.61 Å². The van der Waals surface area contributed by atoms with Gasteiger partial charge in [0.2, 0.25) is 0 Å². The third-order valence-corrected chi connectivity index (χ3v) is 1.56. The molecule has 0 aliphatic carbocycles. The number of esters is 1. The Kier molecular flexibility index (Phi) is 1.92. The molecule has 0 unspecified atom stereocenters. The zero-order chi connectivity index (χ0) is 9.35. The molecule has 0 saturated carbocycles. The molecule has 0 amide bonds. The van der Waals surface area contributed by atoms with Crippen molar-refractivity contribution >= 4 is 11.9 Å². The van der Waals surface area contributed by atoms with Gasteiger partial charge < -0.3 is 9.84 Å². The molecule has 0 radical (unpaired) electrons. The first-order valence-corrected chi connectivity index (χ1v) is 3.56. The molecule has 0 bridgehead atoms. The minimum absolute atomic E-state index is 0.239. The maximum Gasteiger partial charge on any atom is 0.345 e. The van der Waals surface area contributed by atoms with Gasteiger partial charge in [0.15, 0.2) is 0 Å². The van der Waals surface area contributed by atoms with E-state index in [2.05, 4.69) is 4.74 Å². The van der Waals surface area contributed by atoms with Crippen LogP contribution in [0.4, 0.5) is 0 Å². The summed E-state index contributed by atoms with van der Waals surface area (Å²) in [6.07, 6.45) is 1.43. The number of hydrogen-bond donors (Lipinski definition) is 1. The molecule has 0 atom stereocenters. The summed E-state index contributed by atoms with van der Waals surface area (Å²) >= 11 is 0. The smallest absolute Gasteiger partial charge is 0.345 e. The van der Waals surface area contributed by atoms with E-state index in [0.29, 0.717) is 0 Å². The second-order valence-corrected chi connectivity index (χ2v) is 3.43. The Hall–Kier alpha value is -1.32. The van der Waals surface area contributed by atoms with Crippen LogP contribution in [-0.2, 0) is 14.3 Å². The Morgan fingerprint density at radius 1 is 1.67 bits per heavy atom. The fraction of sp³-hybridized carbons (Fsp3) is 0.500. The van der Waals surface area contributed by atoms with E-state index in [4.69, 9.17) is 5.11 Å². The van der Waals surface area contributed by atoms with Crippen LogP contribution in [0.2, 0.25) is 0 Å². The first-order valence-electron chi connectivity index (χ1n) is 3.56. The quantitative estimate of drug-likeness (QED) is 0.462. The lowest BCUT2D eigenvalue weighted by atomic mass is 9.90. The summed E-state index contributed by atoms with van der Waals surface area (Å²) in [5.74, 6) is -1.98. The molecule has 1 heterocycles. The lowest BCUT2D eigenvalue weighted by molar-refractivity contribution is -0.147. The van der Waals surface area contributed by atoms with Gasteiger partial charge in [-0.25, -0.2) is 9.59 Å². The molecule has 0 aromatic heterocycles. The molecule has 66 valence electrons. The molecule has 4 heteroatoms. The number of carbonyl (C=O) groups excluding carboxylic acids is 1. The molecular weight excluding hydrogens is 160 g/mol. The van der Waals surface area contributed by atoms with Gasteiger partial charge >= 0.3 is 11.9 Å². The van der Waals surface area contributed by atoms with Gasteiger partial charge in [-0.3, -0.25) is 0 Å². The van der Waals surface area contributed by atoms with E-state index in [0.717, 1.165) is 0 Å². The molecule has 0 fully saturated rings. The van der Waals surface area contributed by atoms with E-state index >= 15 is 0 Å². The second-order valence-electron chi connectivity index (χ2n) is 3.43. The van der Waals surface area contributed by atoms with Crippen molar-refractivity contribution < 1.29 is 19.4 Å². The number of rotatable bonds is 1. The maximum absolute atomic E-state index is 10.9. The van der Waals surface area contributed by atoms with Crippen molar-refractivity contribution in [3.05, 3.63) is 11.6 Å². The average Bonchev–Trinajstić information content (AvgIpc) is 1.94. The summed E-state index contributed by atoms with van der Waals surface area (Å²) < 4.78 is 4.68. The third kappa shape index (κ3) is 1.64. The molecule has 1 aliphatic heterocycles. The van der Waals surface area contributed by atoms with E-state index in [-0.39, 0.29) is 17.6 Å². The van der Waals surface area contributed by atoms with Gasteiger partial charge in [-0.15, -0.1) is 0 Å². The molecular formula is C8H10O4. The Morgan fingerprint density at radius 2 is 2.25 bits per heavy atom. The van der Waals surface area contributed by atoms with Crippen molar-refractivity contribution in [3.8, 4) is 0 Å². The van der Waals surface area contributed by atoms with Crippen LogP contribution in [0.25, 0.3) is 0 Å². The van der Waals surface area contributed by atoms with Gasteiger partial charge in [0, 0.05) is 5.41 Å². The van der Waals surface area contributed by atoms with Crippen molar-refractivity contribution in [2.24, 2.45) is 5.41 Å². The van der Waals surface area contributed by atoms with Crippen LogP contribution in [-0.4, -0.2) is 23.7 Å². The van der Waals surface area contributed by atoms with E-state index in [1.165, 1.54) is 6.08 Å². The van der Waals surface area contributed by atoms with Crippen LogP contribution in [0.15, 0.2) is 11.6 Å². The Bertz CT molecular complexity index is 262. The maximum atomic E-state index is 10.9. The summed E-state index contributed by atoms with van der Waals surface area (Å²) in [5, 5.41) is 8.57. The van der Waals surface area contributed by atoms with Gasteiger partial charge in [-0.2, -0.15) is 0 Å². The number of aliphatic carboxylic acids is 1. The summed E-state index contributed by atoms with van der Waals surface area (Å²) in [6, 6.07) is 0. The van der Waals surface area contributed by atoms with Crippen LogP contribution in [0.3, 0.4) is 0 Å². The first-order chi connectivity index (χ1) is 5.42. The Balaban J connectivity index is 3.01. The number of hydrogen-bond acceptors (Lipinski definition) is 3. The van der Waals surface area contributed by atoms with Crippen LogP contribution >= 0.6 is 0 Å². The molecule has 0 aromatic carbocycles. The number of cyclic esters (lactones) is 1. The number of carboxylic acid groups (broad SMARTS) is 1. The van der Waals surface area contributed by atoms with Crippen LogP contribution < -0.4 is 0 Å². The lowest BCUT2D eigenvalue weighted by Gasteiger charge is -2.24. The van der Waals surface area contributed by atoms with Crippen molar-refractivity contribution in [3.63, 3.8) is 0 Å². The average molecular weight is 170 g/mol. The predicted octanol–water partition coefficient (Wildman–Crippen LogP) is 0.580. The first kappa shape index (κ1) is 8.77. The number of carboxylic acids is 1. The van der Waals surface area contributed by atoms with E-state index in [1.54, 1.807) is 0 Å². The Morgan fingerprint density at radius 3 is 2.67 bits per heavy atom. The van der Waals surface area contributed by atoms with E-state index in [1.807, 2.05) is 13.8 Å². The van der Waals surface area contributed by atoms with Gasteiger partial charge in [-0.05, 0) is 0 Å². The summed E-state index contributed by atoms with van der Waals surface area (Å²) in [7, 11) is 0. The molecule has 1 aliphatic rings. The fourth-order valence-electron chi connectivity index (χ4n) is 0.970. The minimum atomic E-state index is -1.23. The van der Waals surface area contributed by atoms with E-state index in [9.17, 15) is 9.59 Å². The normalized spacial score (nSPS) is 21.2. The van der Waals surface area contributed by atoms with Crippen LogP contribution in [0, 0.1) is 5.41 Å². The monoisotopic (exact) mass is 170 g/mol. The second kappa shape index (κ2) is 2.62. The zero-order valence-electron chi connectivity index (χ0n) is 6.96. The molecule has 0 saturated heterocycles. The molecule has 12 heavy (non-hydrogen) atoms. The molecule has 4 nitrogen and oxygen atoms in total. The predicted molar refractivity (Wildman–Crippen MR) is 40.5 cm³/mol. The Labute approximate surface area is 69.8 Å². The van der Waals surface area contributed by atoms with E-state index < -0.39 is 11.9 Å². The van der Waals surface area contributed by atoms with Crippen molar-refractivity contribution in [2.45, 2.75) is 13.8 Å². The fourth-order valence-corrected chi connectivity index (χ4v) is 0.970. The number of ether oxygens (including phenoxy) is 1. The third-order valence-electron chi connectivity index (χ3n) is 1.56. The molecule has 0 spiro atoms. The van der Waals surface area contributed by atoms with Crippen LogP contribution in [0.5, 0.6) is 0 Å². The standard InChI is InChI=1S/C8H10O4/c1-8(2)3-5(6(9)10)7(11)12-4-8/h3H,4H2,1-2H3,(H,9,10). The summed E-state index contributed by atoms with van der Waals surface area (Å²) in [6.45, 7) is 3.85. The van der Waals surface area contributed by atoms with Gasteiger partial charge in [0.25, 0.3) is 0 Å². The molecule has 0 aromatic rings. The molecule has 1 N–H and O–H groups in total. The van der Waals surface area contributed by atoms with Gasteiger partial charge in [0.1, 0.15) is 12.2 Å². The van der Waals surface area contributed by atoms with Gasteiger partial charge in [0.05, 0.1) is 0 Å². The topological polar surface area (TPSA) is 63.6 Å². The highest BCUT2D eigenvalue weighted by Gasteiger charge is 2.30. The zero-order valence-corrected chi connectivity index (χ0v) is 6.96. The van der Waals surface area contributed by atoms with Gasteiger partial charge in [-0.1, -0.05) is 19.9 Å². The highest BCUT2D eigenvalue weighted by atomic mass is 16.5. The lowest BCUT2D eigenvalue weighted by Crippen LogP contribution is -2.30. The summed E-state index contributed by atoms with van der Waals surface area (Å²) in [5.41, 5.74) is -0.645. The van der Waals surface area contributed by atoms with Crippen molar-refractivity contribution in [1.29, 1.82) is 0 Å². The highest BCUT2D eigenvalue weighted by molar-refractivity contribution is 6.13. The highest BCUT2D eigenvalue weighted by Crippen LogP contribution is 2.24. The SMILES string of the molecule is CC1(C)C=C(C(=O)O)C(=O)OC1. The van der Waals surface area contributed by atoms with Crippen LogP contribution in [0.1, 0.15) is 13.8 Å². The largest absolute Gasteiger partial charge is 0.477 e. The number of carbonyl (C=O) groups is 2. The minimum Gasteiger partial charge on any atom is -0.477 e. The van der Waals surface area contributed by atoms with Crippen molar-refractivity contribution in [1.82, 2.24) is 0 Å². The molecule has 1 rings (SSSR count).